The number of hydrogen-bond acceptors (Lipinski definition) is 3. The van der Waals surface area contributed by atoms with Crippen LogP contribution in [0.5, 0.6) is 0 Å². The molecule has 27 heavy (non-hydrogen) atoms. The Morgan fingerprint density at radius 2 is 1.78 bits per heavy atom. The molecule has 2 bridgehead atoms. The van der Waals surface area contributed by atoms with Gasteiger partial charge in [0.05, 0.1) is 11.2 Å². The van der Waals surface area contributed by atoms with Crippen molar-refractivity contribution < 1.29 is 9.31 Å². The topological polar surface area (TPSA) is 21.7 Å². The standard InChI is InChI=1S/C23H34BNO2/c1-21(2)22(3,4)27-24(26-21)17-10-9-16-14-20-18-8-6-7-11-23(18,19(16)15-17)12-13-25(20)5/h9-10,15,18,20H,6-8,11-14H2,1-5H3/t18?,20-,23-/m0/s1. The summed E-state index contributed by atoms with van der Waals surface area (Å²) in [4.78, 5) is 2.64. The van der Waals surface area contributed by atoms with Crippen molar-refractivity contribution in [1.29, 1.82) is 0 Å². The first-order chi connectivity index (χ1) is 12.7. The molecule has 2 aliphatic heterocycles. The lowest BCUT2D eigenvalue weighted by atomic mass is 9.52. The molecule has 0 aromatic heterocycles. The van der Waals surface area contributed by atoms with Gasteiger partial charge < -0.3 is 14.2 Å². The summed E-state index contributed by atoms with van der Waals surface area (Å²) in [7, 11) is 2.09. The molecule has 1 aromatic rings. The Labute approximate surface area is 164 Å². The van der Waals surface area contributed by atoms with Gasteiger partial charge in [-0.05, 0) is 89.5 Å². The van der Waals surface area contributed by atoms with Crippen molar-refractivity contribution in [2.24, 2.45) is 5.92 Å². The molecule has 146 valence electrons. The van der Waals surface area contributed by atoms with Crippen LogP contribution in [0, 0.1) is 5.92 Å². The normalized spacial score (nSPS) is 37.0. The van der Waals surface area contributed by atoms with Gasteiger partial charge in [0.15, 0.2) is 0 Å². The molecule has 4 aliphatic rings. The molecular weight excluding hydrogens is 333 g/mol. The van der Waals surface area contributed by atoms with Crippen molar-refractivity contribution in [3.63, 3.8) is 0 Å². The number of fused-ring (bicyclic) bond motifs is 1. The molecule has 1 unspecified atom stereocenters. The highest BCUT2D eigenvalue weighted by molar-refractivity contribution is 6.62. The third-order valence-corrected chi connectivity index (χ3v) is 8.66. The van der Waals surface area contributed by atoms with Crippen molar-refractivity contribution in [1.82, 2.24) is 4.90 Å². The highest BCUT2D eigenvalue weighted by atomic mass is 16.7. The van der Waals surface area contributed by atoms with E-state index in [9.17, 15) is 0 Å². The van der Waals surface area contributed by atoms with Gasteiger partial charge in [-0.15, -0.1) is 0 Å². The van der Waals surface area contributed by atoms with Crippen LogP contribution in [0.3, 0.4) is 0 Å². The Morgan fingerprint density at radius 3 is 2.52 bits per heavy atom. The molecule has 2 saturated heterocycles. The van der Waals surface area contributed by atoms with Crippen molar-refractivity contribution in [3.05, 3.63) is 29.3 Å². The molecule has 1 aromatic carbocycles. The van der Waals surface area contributed by atoms with E-state index in [1.54, 1.807) is 11.1 Å². The second-order valence-electron chi connectivity index (χ2n) is 10.5. The molecular formula is C23H34BNO2. The molecule has 2 heterocycles. The molecule has 2 aliphatic carbocycles. The van der Waals surface area contributed by atoms with E-state index in [1.165, 1.54) is 50.5 Å². The van der Waals surface area contributed by atoms with Crippen molar-refractivity contribution in [2.45, 2.75) is 88.9 Å². The number of nitrogens with zero attached hydrogens (tertiary/aromatic N) is 1. The molecule has 0 N–H and O–H groups in total. The van der Waals surface area contributed by atoms with Gasteiger partial charge in [-0.3, -0.25) is 0 Å². The summed E-state index contributed by atoms with van der Waals surface area (Å²) in [5.74, 6) is 0.825. The number of piperidine rings is 1. The van der Waals surface area contributed by atoms with Crippen LogP contribution < -0.4 is 5.46 Å². The lowest BCUT2D eigenvalue weighted by Crippen LogP contribution is -2.60. The van der Waals surface area contributed by atoms with Crippen LogP contribution in [-0.4, -0.2) is 42.9 Å². The van der Waals surface area contributed by atoms with Gasteiger partial charge in [-0.1, -0.05) is 31.0 Å². The smallest absolute Gasteiger partial charge is 0.399 e. The zero-order chi connectivity index (χ0) is 19.0. The fraction of sp³-hybridized carbons (Fsp3) is 0.739. The van der Waals surface area contributed by atoms with E-state index in [0.717, 1.165) is 12.0 Å². The predicted molar refractivity (Wildman–Crippen MR) is 111 cm³/mol. The minimum atomic E-state index is -0.280. The number of hydrogen-bond donors (Lipinski definition) is 0. The number of benzene rings is 1. The monoisotopic (exact) mass is 367 g/mol. The van der Waals surface area contributed by atoms with Crippen molar-refractivity contribution in [3.8, 4) is 0 Å². The van der Waals surface area contributed by atoms with Gasteiger partial charge in [-0.25, -0.2) is 0 Å². The van der Waals surface area contributed by atoms with Gasteiger partial charge in [0.1, 0.15) is 0 Å². The van der Waals surface area contributed by atoms with Crippen molar-refractivity contribution >= 4 is 12.6 Å². The SMILES string of the molecule is CN1CC[C@@]23CCCCC2[C@@H]1Cc1ccc(B2OC(C)(C)C(C)(C)O2)cc13. The number of likely N-dealkylation sites (N-methyl/N-ethyl adjacent to an activating group) is 1. The zero-order valence-electron chi connectivity index (χ0n) is 17.7. The largest absolute Gasteiger partial charge is 0.494 e. The van der Waals surface area contributed by atoms with Gasteiger partial charge >= 0.3 is 7.12 Å². The lowest BCUT2D eigenvalue weighted by molar-refractivity contribution is 0.00291. The minimum absolute atomic E-state index is 0.247. The second-order valence-corrected chi connectivity index (χ2v) is 10.5. The molecule has 0 spiro atoms. The quantitative estimate of drug-likeness (QED) is 0.707. The van der Waals surface area contributed by atoms with Crippen LogP contribution in [0.1, 0.15) is 70.9 Å². The summed E-state index contributed by atoms with van der Waals surface area (Å²) in [5, 5.41) is 0. The van der Waals surface area contributed by atoms with Gasteiger partial charge in [0.2, 0.25) is 0 Å². The van der Waals surface area contributed by atoms with E-state index in [0.29, 0.717) is 5.41 Å². The average Bonchev–Trinajstić information content (AvgIpc) is 2.85. The average molecular weight is 367 g/mol. The Morgan fingerprint density at radius 1 is 1.04 bits per heavy atom. The Hall–Kier alpha value is -0.835. The fourth-order valence-electron chi connectivity index (χ4n) is 6.34. The molecule has 0 radical (unpaired) electrons. The van der Waals surface area contributed by atoms with Crippen LogP contribution in [0.2, 0.25) is 0 Å². The third-order valence-electron chi connectivity index (χ3n) is 8.66. The van der Waals surface area contributed by atoms with Crippen LogP contribution in [0.4, 0.5) is 0 Å². The first kappa shape index (κ1) is 18.2. The predicted octanol–water partition coefficient (Wildman–Crippen LogP) is 3.67. The van der Waals surface area contributed by atoms with E-state index in [2.05, 4.69) is 57.8 Å². The Balaban J connectivity index is 1.56. The van der Waals surface area contributed by atoms with E-state index in [4.69, 9.17) is 9.31 Å². The van der Waals surface area contributed by atoms with E-state index >= 15 is 0 Å². The summed E-state index contributed by atoms with van der Waals surface area (Å²) < 4.78 is 12.7. The lowest BCUT2D eigenvalue weighted by Gasteiger charge is -2.58. The molecule has 1 saturated carbocycles. The van der Waals surface area contributed by atoms with Crippen LogP contribution in [0.25, 0.3) is 0 Å². The fourth-order valence-corrected chi connectivity index (χ4v) is 6.34. The summed E-state index contributed by atoms with van der Waals surface area (Å²) in [6.45, 7) is 9.80. The molecule has 0 amide bonds. The van der Waals surface area contributed by atoms with Gasteiger partial charge in [-0.2, -0.15) is 0 Å². The van der Waals surface area contributed by atoms with E-state index in [1.807, 2.05) is 0 Å². The van der Waals surface area contributed by atoms with E-state index < -0.39 is 0 Å². The minimum Gasteiger partial charge on any atom is -0.399 e. The summed E-state index contributed by atoms with van der Waals surface area (Å²) in [5.41, 5.74) is 4.25. The highest BCUT2D eigenvalue weighted by Crippen LogP contribution is 2.55. The van der Waals surface area contributed by atoms with Gasteiger partial charge in [0.25, 0.3) is 0 Å². The van der Waals surface area contributed by atoms with E-state index in [-0.39, 0.29) is 18.3 Å². The Bertz CT molecular complexity index is 745. The number of rotatable bonds is 1. The number of likely N-dealkylation sites (tertiary alicyclic amines) is 1. The highest BCUT2D eigenvalue weighted by Gasteiger charge is 2.55. The maximum Gasteiger partial charge on any atom is 0.494 e. The maximum absolute atomic E-state index is 6.37. The maximum atomic E-state index is 6.37. The first-order valence-electron chi connectivity index (χ1n) is 10.9. The molecule has 3 nitrogen and oxygen atoms in total. The molecule has 3 fully saturated rings. The second kappa shape index (κ2) is 5.84. The Kier molecular flexibility index (Phi) is 3.94. The first-order valence-corrected chi connectivity index (χ1v) is 10.9. The molecule has 3 atom stereocenters. The van der Waals surface area contributed by atoms with Crippen LogP contribution in [-0.2, 0) is 21.1 Å². The molecule has 4 heteroatoms. The van der Waals surface area contributed by atoms with Crippen LogP contribution in [0.15, 0.2) is 18.2 Å². The van der Waals surface area contributed by atoms with Crippen LogP contribution >= 0.6 is 0 Å². The van der Waals surface area contributed by atoms with Gasteiger partial charge in [0, 0.05) is 11.5 Å². The summed E-state index contributed by atoms with van der Waals surface area (Å²) in [6, 6.07) is 7.84. The molecule has 5 rings (SSSR count). The zero-order valence-corrected chi connectivity index (χ0v) is 17.7. The van der Waals surface area contributed by atoms with Crippen molar-refractivity contribution in [2.75, 3.05) is 13.6 Å². The summed E-state index contributed by atoms with van der Waals surface area (Å²) >= 11 is 0. The summed E-state index contributed by atoms with van der Waals surface area (Å²) in [6.07, 6.45) is 8.07. The third kappa shape index (κ3) is 2.52.